The third-order valence-corrected chi connectivity index (χ3v) is 4.22. The summed E-state index contributed by atoms with van der Waals surface area (Å²) < 4.78 is 1.66. The summed E-state index contributed by atoms with van der Waals surface area (Å²) in [7, 11) is 0. The van der Waals surface area contributed by atoms with Crippen molar-refractivity contribution in [3.8, 4) is 0 Å². The number of hydrogen-bond acceptors (Lipinski definition) is 4. The third-order valence-electron chi connectivity index (χ3n) is 3.34. The van der Waals surface area contributed by atoms with Crippen molar-refractivity contribution in [2.45, 2.75) is 38.8 Å². The molecule has 5 nitrogen and oxygen atoms in total. The van der Waals surface area contributed by atoms with Crippen molar-refractivity contribution in [2.75, 3.05) is 13.1 Å². The number of thiazole rings is 1. The number of halogens is 1. The van der Waals surface area contributed by atoms with E-state index in [1.165, 1.54) is 11.3 Å². The number of hydrogen-bond donors (Lipinski definition) is 1. The maximum Gasteiger partial charge on any atom is 0.307 e. The molecule has 1 aliphatic heterocycles. The Bertz CT molecular complexity index is 486. The zero-order valence-corrected chi connectivity index (χ0v) is 12.6. The molecule has 2 heterocycles. The van der Waals surface area contributed by atoms with Crippen LogP contribution in [0.3, 0.4) is 0 Å². The maximum atomic E-state index is 12.0. The van der Waals surface area contributed by atoms with Crippen LogP contribution in [0.4, 0.5) is 0 Å². The molecule has 0 bridgehead atoms. The summed E-state index contributed by atoms with van der Waals surface area (Å²) in [5.74, 6) is 0.0997. The van der Waals surface area contributed by atoms with Crippen molar-refractivity contribution >= 4 is 29.7 Å². The van der Waals surface area contributed by atoms with Gasteiger partial charge < -0.3 is 15.2 Å². The van der Waals surface area contributed by atoms with Crippen LogP contribution in [0.25, 0.3) is 0 Å². The highest BCUT2D eigenvalue weighted by atomic mass is 35.5. The smallest absolute Gasteiger partial charge is 0.307 e. The molecule has 1 unspecified atom stereocenters. The lowest BCUT2D eigenvalue weighted by molar-refractivity contribution is -0.132. The fourth-order valence-corrected chi connectivity index (χ4v) is 3.04. The number of carbonyl (C=O) groups is 1. The second-order valence-corrected chi connectivity index (χ2v) is 5.61. The third kappa shape index (κ3) is 4.06. The minimum absolute atomic E-state index is 0. The van der Waals surface area contributed by atoms with Crippen LogP contribution in [0.2, 0.25) is 0 Å². The molecule has 7 heteroatoms. The van der Waals surface area contributed by atoms with Gasteiger partial charge in [0, 0.05) is 43.2 Å². The first-order chi connectivity index (χ1) is 8.58. The van der Waals surface area contributed by atoms with E-state index in [0.717, 1.165) is 25.1 Å². The molecular formula is C12H20ClN3O2S. The fourth-order valence-electron chi connectivity index (χ4n) is 2.28. The minimum atomic E-state index is 0. The van der Waals surface area contributed by atoms with Crippen molar-refractivity contribution in [3.05, 3.63) is 20.7 Å². The second-order valence-electron chi connectivity index (χ2n) is 4.79. The van der Waals surface area contributed by atoms with Gasteiger partial charge in [0.25, 0.3) is 0 Å². The Morgan fingerprint density at radius 3 is 2.89 bits per heavy atom. The van der Waals surface area contributed by atoms with Crippen LogP contribution in [-0.4, -0.2) is 34.5 Å². The first-order valence-corrected chi connectivity index (χ1v) is 7.14. The highest BCUT2D eigenvalue weighted by Crippen LogP contribution is 2.10. The number of amides is 1. The fraction of sp³-hybridized carbons (Fsp3) is 0.667. The van der Waals surface area contributed by atoms with Gasteiger partial charge in [-0.25, -0.2) is 0 Å². The summed E-state index contributed by atoms with van der Waals surface area (Å²) in [5.41, 5.74) is 6.78. The largest absolute Gasteiger partial charge is 0.341 e. The quantitative estimate of drug-likeness (QED) is 0.905. The first-order valence-electron chi connectivity index (χ1n) is 6.26. The van der Waals surface area contributed by atoms with Crippen molar-refractivity contribution < 1.29 is 4.79 Å². The Morgan fingerprint density at radius 2 is 2.32 bits per heavy atom. The summed E-state index contributed by atoms with van der Waals surface area (Å²) in [4.78, 5) is 25.4. The summed E-state index contributed by atoms with van der Waals surface area (Å²) in [5, 5.41) is 1.82. The van der Waals surface area contributed by atoms with Gasteiger partial charge in [-0.1, -0.05) is 11.3 Å². The minimum Gasteiger partial charge on any atom is -0.341 e. The van der Waals surface area contributed by atoms with Gasteiger partial charge in [-0.15, -0.1) is 12.4 Å². The van der Waals surface area contributed by atoms with Crippen LogP contribution in [0, 0.1) is 6.92 Å². The molecule has 0 saturated carbocycles. The van der Waals surface area contributed by atoms with E-state index in [-0.39, 0.29) is 29.2 Å². The van der Waals surface area contributed by atoms with Crippen LogP contribution < -0.4 is 10.6 Å². The molecule has 2 rings (SSSR count). The second kappa shape index (κ2) is 7.07. The number of aromatic nitrogens is 1. The molecule has 1 amide bonds. The Kier molecular flexibility index (Phi) is 6.03. The molecule has 1 aromatic heterocycles. The van der Waals surface area contributed by atoms with E-state index in [1.54, 1.807) is 4.57 Å². The van der Waals surface area contributed by atoms with Crippen LogP contribution in [0.15, 0.2) is 10.2 Å². The molecule has 0 aliphatic carbocycles. The van der Waals surface area contributed by atoms with Crippen LogP contribution in [0.5, 0.6) is 0 Å². The molecule has 1 aliphatic rings. The van der Waals surface area contributed by atoms with E-state index >= 15 is 0 Å². The van der Waals surface area contributed by atoms with Gasteiger partial charge in [-0.05, 0) is 19.8 Å². The molecular weight excluding hydrogens is 286 g/mol. The lowest BCUT2D eigenvalue weighted by Gasteiger charge is -2.30. The molecule has 0 aromatic carbocycles. The van der Waals surface area contributed by atoms with Gasteiger partial charge in [-0.3, -0.25) is 9.59 Å². The average molecular weight is 306 g/mol. The molecule has 1 aromatic rings. The molecule has 1 fully saturated rings. The van der Waals surface area contributed by atoms with E-state index in [4.69, 9.17) is 5.73 Å². The lowest BCUT2D eigenvalue weighted by atomic mass is 10.1. The molecule has 19 heavy (non-hydrogen) atoms. The van der Waals surface area contributed by atoms with E-state index in [9.17, 15) is 9.59 Å². The highest BCUT2D eigenvalue weighted by molar-refractivity contribution is 7.07. The predicted molar refractivity (Wildman–Crippen MR) is 79.0 cm³/mol. The molecule has 1 saturated heterocycles. The van der Waals surface area contributed by atoms with E-state index in [0.29, 0.717) is 19.5 Å². The number of piperidine rings is 1. The SMILES string of the molecule is Cc1csc(=O)n1CCC(=O)N1CCCC(N)C1.Cl. The Labute approximate surface area is 122 Å². The van der Waals surface area contributed by atoms with Crippen molar-refractivity contribution in [1.82, 2.24) is 9.47 Å². The van der Waals surface area contributed by atoms with Crippen LogP contribution >= 0.6 is 23.7 Å². The summed E-state index contributed by atoms with van der Waals surface area (Å²) in [6.45, 7) is 3.80. The van der Waals surface area contributed by atoms with Gasteiger partial charge in [-0.2, -0.15) is 0 Å². The normalized spacial score (nSPS) is 19.1. The topological polar surface area (TPSA) is 68.3 Å². The van der Waals surface area contributed by atoms with E-state index in [2.05, 4.69) is 0 Å². The Morgan fingerprint density at radius 1 is 1.58 bits per heavy atom. The Hall–Kier alpha value is -0.850. The van der Waals surface area contributed by atoms with Crippen molar-refractivity contribution in [1.29, 1.82) is 0 Å². The van der Waals surface area contributed by atoms with Gasteiger partial charge in [0.15, 0.2) is 0 Å². The number of aryl methyl sites for hydroxylation is 1. The molecule has 108 valence electrons. The van der Waals surface area contributed by atoms with Gasteiger partial charge in [0.2, 0.25) is 5.91 Å². The van der Waals surface area contributed by atoms with Gasteiger partial charge in [0.1, 0.15) is 0 Å². The molecule has 0 spiro atoms. The monoisotopic (exact) mass is 305 g/mol. The zero-order valence-electron chi connectivity index (χ0n) is 11.0. The van der Waals surface area contributed by atoms with E-state index in [1.807, 2.05) is 17.2 Å². The zero-order chi connectivity index (χ0) is 13.1. The summed E-state index contributed by atoms with van der Waals surface area (Å²) >= 11 is 1.18. The molecule has 1 atom stereocenters. The maximum absolute atomic E-state index is 12.0. The number of nitrogens with zero attached hydrogens (tertiary/aromatic N) is 2. The summed E-state index contributed by atoms with van der Waals surface area (Å²) in [6, 6.07) is 0.105. The van der Waals surface area contributed by atoms with Crippen molar-refractivity contribution in [3.63, 3.8) is 0 Å². The first kappa shape index (κ1) is 16.2. The Balaban J connectivity index is 0.00000180. The standard InChI is InChI=1S/C12H19N3O2S.ClH/c1-9-8-18-12(17)15(9)6-4-11(16)14-5-2-3-10(13)7-14;/h8,10H,2-7,13H2,1H3;1H. The van der Waals surface area contributed by atoms with E-state index < -0.39 is 0 Å². The lowest BCUT2D eigenvalue weighted by Crippen LogP contribution is -2.46. The van der Waals surface area contributed by atoms with Gasteiger partial charge in [0.05, 0.1) is 0 Å². The van der Waals surface area contributed by atoms with Crippen molar-refractivity contribution in [2.24, 2.45) is 5.73 Å². The van der Waals surface area contributed by atoms with Crippen LogP contribution in [0.1, 0.15) is 25.0 Å². The summed E-state index contributed by atoms with van der Waals surface area (Å²) in [6.07, 6.45) is 2.35. The number of rotatable bonds is 3. The van der Waals surface area contributed by atoms with Crippen LogP contribution in [-0.2, 0) is 11.3 Å². The van der Waals surface area contributed by atoms with Gasteiger partial charge >= 0.3 is 4.87 Å². The highest BCUT2D eigenvalue weighted by Gasteiger charge is 2.21. The predicted octanol–water partition coefficient (Wildman–Crippen LogP) is 0.980. The molecule has 2 N–H and O–H groups in total. The average Bonchev–Trinajstić information content (AvgIpc) is 2.66. The molecule has 0 radical (unpaired) electrons. The number of nitrogens with two attached hydrogens (primary N) is 1. The number of likely N-dealkylation sites (tertiary alicyclic amines) is 1. The number of carbonyl (C=O) groups excluding carboxylic acids is 1.